The Hall–Kier alpha value is -7.98. The van der Waals surface area contributed by atoms with E-state index in [1.165, 1.54) is 35.4 Å². The number of benzene rings is 9. The molecule has 0 saturated heterocycles. The molecule has 2 aliphatic heterocycles. The molecule has 0 atom stereocenters. The SMILES string of the molecule is Cc1cc(C(F)(F)F)ccc1-c1cc(C(F)(F)F)ccc1-n1c2ccccc2c2cc(-c3cc4c5c(c3)N(c3ccccc3)c3ccccc3B5c3ccccc3N4c3ccccc3)ccc21. The van der Waals surface area contributed by atoms with Gasteiger partial charge in [0.2, 0.25) is 0 Å². The van der Waals surface area contributed by atoms with Gasteiger partial charge in [-0.2, -0.15) is 26.3 Å². The molecule has 1 aromatic heterocycles. The molecule has 0 aliphatic carbocycles. The van der Waals surface area contributed by atoms with Crippen molar-refractivity contribution in [3.05, 3.63) is 217 Å². The molecule has 0 N–H and O–H groups in total. The maximum absolute atomic E-state index is 14.4. The second-order valence-corrected chi connectivity index (χ2v) is 17.2. The Balaban J connectivity index is 1.11. The predicted octanol–water partition coefficient (Wildman–Crippen LogP) is 14.5. The third-order valence-corrected chi connectivity index (χ3v) is 13.3. The van der Waals surface area contributed by atoms with Crippen molar-refractivity contribution in [3.63, 3.8) is 0 Å². The average molecular weight is 888 g/mol. The van der Waals surface area contributed by atoms with E-state index in [0.29, 0.717) is 5.69 Å². The largest absolute Gasteiger partial charge is 0.416 e. The van der Waals surface area contributed by atoms with E-state index in [9.17, 15) is 26.3 Å². The number of alkyl halides is 6. The fourth-order valence-corrected chi connectivity index (χ4v) is 10.5. The van der Waals surface area contributed by atoms with Gasteiger partial charge in [0.25, 0.3) is 6.71 Å². The molecule has 0 fully saturated rings. The number of aryl methyl sites for hydroxylation is 1. The topological polar surface area (TPSA) is 11.4 Å². The van der Waals surface area contributed by atoms with Crippen molar-refractivity contribution in [1.82, 2.24) is 4.57 Å². The summed E-state index contributed by atoms with van der Waals surface area (Å²) in [5.41, 5.74) is 12.5. The summed E-state index contributed by atoms with van der Waals surface area (Å²) in [7, 11) is 0. The number of para-hydroxylation sites is 5. The first-order chi connectivity index (χ1) is 32.4. The number of halogens is 6. The van der Waals surface area contributed by atoms with Gasteiger partial charge in [-0.05, 0) is 143 Å². The second-order valence-electron chi connectivity index (χ2n) is 17.2. The van der Waals surface area contributed by atoms with Crippen molar-refractivity contribution in [2.45, 2.75) is 19.3 Å². The van der Waals surface area contributed by atoms with E-state index in [4.69, 9.17) is 0 Å². The molecule has 10 aromatic rings. The van der Waals surface area contributed by atoms with Crippen LogP contribution in [0.5, 0.6) is 0 Å². The summed E-state index contributed by atoms with van der Waals surface area (Å²) in [5.74, 6) is 0. The highest BCUT2D eigenvalue weighted by Crippen LogP contribution is 2.47. The van der Waals surface area contributed by atoms with Crippen molar-refractivity contribution in [1.29, 1.82) is 0 Å². The van der Waals surface area contributed by atoms with Crippen LogP contribution in [-0.4, -0.2) is 11.3 Å². The van der Waals surface area contributed by atoms with Gasteiger partial charge in [0.1, 0.15) is 0 Å². The molecular formula is C57H36BF6N3. The Labute approximate surface area is 382 Å². The van der Waals surface area contributed by atoms with Crippen LogP contribution in [-0.2, 0) is 12.4 Å². The molecule has 67 heavy (non-hydrogen) atoms. The van der Waals surface area contributed by atoms with E-state index >= 15 is 0 Å². The number of fused-ring (bicyclic) bond motifs is 7. The van der Waals surface area contributed by atoms with Gasteiger partial charge in [-0.1, -0.05) is 103 Å². The average Bonchev–Trinajstić information content (AvgIpc) is 3.67. The monoisotopic (exact) mass is 887 g/mol. The van der Waals surface area contributed by atoms with E-state index < -0.39 is 23.5 Å². The number of rotatable bonds is 5. The van der Waals surface area contributed by atoms with Gasteiger partial charge in [0, 0.05) is 50.5 Å². The summed E-state index contributed by atoms with van der Waals surface area (Å²) >= 11 is 0. The molecule has 0 bridgehead atoms. The van der Waals surface area contributed by atoms with E-state index in [2.05, 4.69) is 125 Å². The second kappa shape index (κ2) is 15.0. The lowest BCUT2D eigenvalue weighted by Gasteiger charge is -2.44. The number of hydrogen-bond acceptors (Lipinski definition) is 2. The molecule has 0 spiro atoms. The fraction of sp³-hybridized carbons (Fsp3) is 0.0526. The Kier molecular flexibility index (Phi) is 9.09. The zero-order valence-corrected chi connectivity index (χ0v) is 35.7. The van der Waals surface area contributed by atoms with Crippen molar-refractivity contribution < 1.29 is 26.3 Å². The molecule has 2 aliphatic rings. The summed E-state index contributed by atoms with van der Waals surface area (Å²) < 4.78 is 86.6. The maximum Gasteiger partial charge on any atom is 0.416 e. The molecule has 0 radical (unpaired) electrons. The molecule has 3 nitrogen and oxygen atoms in total. The summed E-state index contributed by atoms with van der Waals surface area (Å²) in [5, 5.41) is 1.73. The van der Waals surface area contributed by atoms with E-state index in [1.54, 1.807) is 0 Å². The Bertz CT molecular complexity index is 3490. The third kappa shape index (κ3) is 6.45. The quantitative estimate of drug-likeness (QED) is 0.126. The molecule has 0 saturated carbocycles. The molecule has 0 amide bonds. The van der Waals surface area contributed by atoms with Gasteiger partial charge in [0.15, 0.2) is 0 Å². The van der Waals surface area contributed by atoms with Crippen LogP contribution in [0, 0.1) is 6.92 Å². The van der Waals surface area contributed by atoms with Gasteiger partial charge < -0.3 is 14.4 Å². The minimum absolute atomic E-state index is 0.0573. The standard InChI is InChI=1S/C57H36BF6N3/c1-35-30-38(56(59,60)61)25-27-42(35)45-34-39(57(62,63)64)26-29-50(45)67-48-21-11-8-18-43(48)44-31-36(24-28-49(44)67)37-32-53-55-54(33-37)66(41-16-6-3-7-17-41)52-23-13-10-20-47(52)58(55)46-19-9-12-22-51(46)65(53)40-14-4-2-5-15-40/h2-34H,1H3. The number of anilines is 6. The van der Waals surface area contributed by atoms with Crippen LogP contribution in [0.15, 0.2) is 200 Å². The minimum atomic E-state index is -4.69. The molecular weight excluding hydrogens is 851 g/mol. The number of aromatic nitrogens is 1. The van der Waals surface area contributed by atoms with Gasteiger partial charge in [-0.3, -0.25) is 0 Å². The summed E-state index contributed by atoms with van der Waals surface area (Å²) in [4.78, 5) is 4.70. The molecule has 0 unspecified atom stereocenters. The van der Waals surface area contributed by atoms with Gasteiger partial charge in [-0.25, -0.2) is 0 Å². The van der Waals surface area contributed by atoms with Gasteiger partial charge >= 0.3 is 12.4 Å². The Morgan fingerprint density at radius 2 is 0.910 bits per heavy atom. The van der Waals surface area contributed by atoms with Crippen LogP contribution in [0.1, 0.15) is 16.7 Å². The molecule has 3 heterocycles. The first-order valence-corrected chi connectivity index (χ1v) is 21.9. The normalized spacial score (nSPS) is 13.2. The highest BCUT2D eigenvalue weighted by molar-refractivity contribution is 7.00. The van der Waals surface area contributed by atoms with Crippen molar-refractivity contribution in [2.75, 3.05) is 9.80 Å². The van der Waals surface area contributed by atoms with Crippen molar-refractivity contribution >= 4 is 79.0 Å². The minimum Gasteiger partial charge on any atom is -0.311 e. The van der Waals surface area contributed by atoms with E-state index in [1.807, 2.05) is 53.1 Å². The Morgan fingerprint density at radius 1 is 0.388 bits per heavy atom. The molecule has 12 rings (SSSR count). The number of hydrogen-bond donors (Lipinski definition) is 0. The first kappa shape index (κ1) is 40.5. The van der Waals surface area contributed by atoms with Crippen LogP contribution >= 0.6 is 0 Å². The maximum atomic E-state index is 14.4. The highest BCUT2D eigenvalue weighted by Gasteiger charge is 2.43. The highest BCUT2D eigenvalue weighted by atomic mass is 19.4. The van der Waals surface area contributed by atoms with E-state index in [0.717, 1.165) is 91.3 Å². The zero-order valence-electron chi connectivity index (χ0n) is 35.7. The van der Waals surface area contributed by atoms with E-state index in [-0.39, 0.29) is 23.4 Å². The Morgan fingerprint density at radius 3 is 1.51 bits per heavy atom. The van der Waals surface area contributed by atoms with Crippen molar-refractivity contribution in [2.24, 2.45) is 0 Å². The van der Waals surface area contributed by atoms with Crippen molar-refractivity contribution in [3.8, 4) is 27.9 Å². The third-order valence-electron chi connectivity index (χ3n) is 13.3. The lowest BCUT2D eigenvalue weighted by Crippen LogP contribution is -2.61. The fourth-order valence-electron chi connectivity index (χ4n) is 10.5. The van der Waals surface area contributed by atoms with Gasteiger partial charge in [0.05, 0.1) is 27.8 Å². The van der Waals surface area contributed by atoms with Crippen LogP contribution in [0.3, 0.4) is 0 Å². The first-order valence-electron chi connectivity index (χ1n) is 21.9. The smallest absolute Gasteiger partial charge is 0.311 e. The summed E-state index contributed by atoms with van der Waals surface area (Å²) in [6.45, 7) is 1.44. The lowest BCUT2D eigenvalue weighted by molar-refractivity contribution is -0.138. The van der Waals surface area contributed by atoms with Crippen LogP contribution in [0.25, 0.3) is 49.7 Å². The summed E-state index contributed by atoms with van der Waals surface area (Å²) in [6.07, 6.45) is -9.30. The molecule has 10 heteroatoms. The molecule has 324 valence electrons. The predicted molar refractivity (Wildman–Crippen MR) is 260 cm³/mol. The molecule has 9 aromatic carbocycles. The number of nitrogens with zero attached hydrogens (tertiary/aromatic N) is 3. The lowest BCUT2D eigenvalue weighted by atomic mass is 9.33. The van der Waals surface area contributed by atoms with Crippen LogP contribution < -0.4 is 26.2 Å². The van der Waals surface area contributed by atoms with Gasteiger partial charge in [-0.15, -0.1) is 0 Å². The zero-order chi connectivity index (χ0) is 45.8. The van der Waals surface area contributed by atoms with Crippen LogP contribution in [0.4, 0.5) is 60.5 Å². The van der Waals surface area contributed by atoms with Crippen LogP contribution in [0.2, 0.25) is 0 Å². The summed E-state index contributed by atoms with van der Waals surface area (Å²) in [6, 6.07) is 63.1.